The third kappa shape index (κ3) is 12.7. The molecule has 0 atom stereocenters. The predicted octanol–water partition coefficient (Wildman–Crippen LogP) is 6.75. The first-order valence-corrected chi connectivity index (χ1v) is 14.6. The third-order valence-electron chi connectivity index (χ3n) is 6.30. The highest BCUT2D eigenvalue weighted by atomic mass is 16.5. The first-order valence-electron chi connectivity index (χ1n) is 14.6. The van der Waals surface area contributed by atoms with Crippen molar-refractivity contribution >= 4 is 35.4 Å². The fourth-order valence-electron chi connectivity index (χ4n) is 4.06. The van der Waals surface area contributed by atoms with Gasteiger partial charge in [-0.25, -0.2) is 9.59 Å². The van der Waals surface area contributed by atoms with Gasteiger partial charge in [-0.3, -0.25) is 4.79 Å². The van der Waals surface area contributed by atoms with Crippen LogP contribution in [0.3, 0.4) is 0 Å². The molecule has 0 saturated carbocycles. The zero-order chi connectivity index (χ0) is 30.9. The van der Waals surface area contributed by atoms with E-state index < -0.39 is 11.9 Å². The second-order valence-electron chi connectivity index (χ2n) is 10.0. The minimum atomic E-state index is -0.524. The van der Waals surface area contributed by atoms with E-state index in [-0.39, 0.29) is 5.97 Å². The molecule has 0 aromatic heterocycles. The molecule has 0 aliphatic carbocycles. The van der Waals surface area contributed by atoms with Gasteiger partial charge in [0, 0.05) is 23.9 Å². The van der Waals surface area contributed by atoms with E-state index in [1.54, 1.807) is 36.4 Å². The molecule has 0 unspecified atom stereocenters. The molecule has 0 amide bonds. The fourth-order valence-corrected chi connectivity index (χ4v) is 4.06. The Morgan fingerprint density at radius 3 is 1.98 bits per heavy atom. The minimum Gasteiger partial charge on any atom is -0.494 e. The van der Waals surface area contributed by atoms with Gasteiger partial charge in [0.05, 0.1) is 18.8 Å². The zero-order valence-electron chi connectivity index (χ0n) is 24.6. The fraction of sp³-hybridized carbons (Fsp3) is 0.324. The Morgan fingerprint density at radius 1 is 0.698 bits per heavy atom. The lowest BCUT2D eigenvalue weighted by molar-refractivity contribution is -0.134. The summed E-state index contributed by atoms with van der Waals surface area (Å²) in [4.78, 5) is 36.2. The number of benzene rings is 3. The van der Waals surface area contributed by atoms with Gasteiger partial charge in [-0.1, -0.05) is 38.3 Å². The van der Waals surface area contributed by atoms with Gasteiger partial charge in [0.15, 0.2) is 0 Å². The number of hydrogen-bond donors (Lipinski definition) is 2. The number of ether oxygens (including phenoxy) is 4. The van der Waals surface area contributed by atoms with Crippen LogP contribution in [-0.2, 0) is 14.3 Å². The molecular weight excluding hydrogens is 548 g/mol. The normalized spacial score (nSPS) is 10.8. The maximum absolute atomic E-state index is 12.2. The molecule has 0 aliphatic heterocycles. The SMILES string of the molecule is CCCCCCC(=O)Oc1ccc(OC(=O)/C=C/c2ccc(OCCCCCOC(=O)c3cc(N)cc(N)c3)cc2)cc1. The van der Waals surface area contributed by atoms with E-state index >= 15 is 0 Å². The second kappa shape index (κ2) is 17.9. The Labute approximate surface area is 252 Å². The molecule has 4 N–H and O–H groups in total. The third-order valence-corrected chi connectivity index (χ3v) is 6.30. The number of nitrogen functional groups attached to an aromatic ring is 2. The van der Waals surface area contributed by atoms with Crippen LogP contribution in [0.1, 0.15) is 74.2 Å². The van der Waals surface area contributed by atoms with Crippen molar-refractivity contribution in [3.05, 3.63) is 83.9 Å². The van der Waals surface area contributed by atoms with E-state index in [0.717, 1.165) is 44.1 Å². The molecule has 0 fully saturated rings. The molecule has 0 radical (unpaired) electrons. The van der Waals surface area contributed by atoms with Crippen LogP contribution >= 0.6 is 0 Å². The molecular formula is C34H40N2O7. The van der Waals surface area contributed by atoms with Crippen molar-refractivity contribution in [1.82, 2.24) is 0 Å². The lowest BCUT2D eigenvalue weighted by atomic mass is 10.1. The van der Waals surface area contributed by atoms with Crippen LogP contribution in [0.2, 0.25) is 0 Å². The Kier molecular flexibility index (Phi) is 13.6. The van der Waals surface area contributed by atoms with Crippen molar-refractivity contribution in [2.45, 2.75) is 58.3 Å². The molecule has 3 rings (SSSR count). The van der Waals surface area contributed by atoms with Crippen molar-refractivity contribution in [1.29, 1.82) is 0 Å². The molecule has 3 aromatic rings. The topological polar surface area (TPSA) is 140 Å². The molecule has 3 aromatic carbocycles. The summed E-state index contributed by atoms with van der Waals surface area (Å²) in [5, 5.41) is 0. The van der Waals surface area contributed by atoms with E-state index in [9.17, 15) is 14.4 Å². The first-order chi connectivity index (χ1) is 20.8. The number of hydrogen-bond acceptors (Lipinski definition) is 9. The lowest BCUT2D eigenvalue weighted by Crippen LogP contribution is -2.08. The number of esters is 3. The zero-order valence-corrected chi connectivity index (χ0v) is 24.6. The van der Waals surface area contributed by atoms with E-state index in [0.29, 0.717) is 60.2 Å². The molecule has 0 bridgehead atoms. The number of anilines is 2. The van der Waals surface area contributed by atoms with Gasteiger partial charge in [-0.15, -0.1) is 0 Å². The highest BCUT2D eigenvalue weighted by Crippen LogP contribution is 2.20. The van der Waals surface area contributed by atoms with Crippen molar-refractivity contribution in [3.8, 4) is 17.2 Å². The molecule has 0 spiro atoms. The van der Waals surface area contributed by atoms with E-state index in [2.05, 4.69) is 6.92 Å². The first kappa shape index (κ1) is 32.7. The Balaban J connectivity index is 1.29. The summed E-state index contributed by atoms with van der Waals surface area (Å²) >= 11 is 0. The summed E-state index contributed by atoms with van der Waals surface area (Å²) in [6.45, 7) is 2.95. The summed E-state index contributed by atoms with van der Waals surface area (Å²) in [7, 11) is 0. The van der Waals surface area contributed by atoms with Gasteiger partial charge in [-0.05, 0) is 91.9 Å². The highest BCUT2D eigenvalue weighted by molar-refractivity contribution is 5.91. The van der Waals surface area contributed by atoms with Crippen LogP contribution in [0.25, 0.3) is 6.08 Å². The number of nitrogens with two attached hydrogens (primary N) is 2. The highest BCUT2D eigenvalue weighted by Gasteiger charge is 2.09. The molecule has 9 heteroatoms. The largest absolute Gasteiger partial charge is 0.494 e. The van der Waals surface area contributed by atoms with Gasteiger partial charge >= 0.3 is 17.9 Å². The molecule has 0 heterocycles. The van der Waals surface area contributed by atoms with Gasteiger partial charge in [0.25, 0.3) is 0 Å². The molecule has 9 nitrogen and oxygen atoms in total. The summed E-state index contributed by atoms with van der Waals surface area (Å²) in [5.74, 6) is 0.249. The van der Waals surface area contributed by atoms with Crippen LogP contribution in [0, 0.1) is 0 Å². The molecule has 0 aliphatic rings. The van der Waals surface area contributed by atoms with Gasteiger partial charge in [0.1, 0.15) is 17.2 Å². The standard InChI is InChI=1S/C34H40N2O7/c1-2-3-4-6-9-32(37)42-30-15-17-31(18-16-30)43-33(38)19-12-25-10-13-29(14-11-25)40-20-7-5-8-21-41-34(39)26-22-27(35)24-28(36)23-26/h10-19,22-24H,2-9,20-21,35-36H2,1H3/b19-12+. The van der Waals surface area contributed by atoms with Crippen LogP contribution in [0.15, 0.2) is 72.8 Å². The number of carbonyl (C=O) groups excluding carboxylic acids is 3. The van der Waals surface area contributed by atoms with E-state index in [1.165, 1.54) is 18.2 Å². The van der Waals surface area contributed by atoms with Crippen molar-refractivity contribution < 1.29 is 33.3 Å². The second-order valence-corrected chi connectivity index (χ2v) is 10.0. The molecule has 228 valence electrons. The number of unbranched alkanes of at least 4 members (excludes halogenated alkanes) is 5. The van der Waals surface area contributed by atoms with Gasteiger partial charge in [-0.2, -0.15) is 0 Å². The maximum atomic E-state index is 12.2. The Morgan fingerprint density at radius 2 is 1.30 bits per heavy atom. The molecule has 43 heavy (non-hydrogen) atoms. The summed E-state index contributed by atoms with van der Waals surface area (Å²) in [5.41, 5.74) is 13.4. The molecule has 0 saturated heterocycles. The van der Waals surface area contributed by atoms with E-state index in [1.807, 2.05) is 24.3 Å². The predicted molar refractivity (Wildman–Crippen MR) is 167 cm³/mol. The van der Waals surface area contributed by atoms with E-state index in [4.69, 9.17) is 30.4 Å². The van der Waals surface area contributed by atoms with Crippen LogP contribution in [0.4, 0.5) is 11.4 Å². The van der Waals surface area contributed by atoms with Gasteiger partial charge < -0.3 is 30.4 Å². The average molecular weight is 589 g/mol. The Hall–Kier alpha value is -4.79. The summed E-state index contributed by atoms with van der Waals surface area (Å²) < 4.78 is 21.7. The maximum Gasteiger partial charge on any atom is 0.338 e. The summed E-state index contributed by atoms with van der Waals surface area (Å²) in [6, 6.07) is 18.4. The smallest absolute Gasteiger partial charge is 0.338 e. The van der Waals surface area contributed by atoms with Crippen molar-refractivity contribution in [2.75, 3.05) is 24.7 Å². The van der Waals surface area contributed by atoms with Crippen LogP contribution in [0.5, 0.6) is 17.2 Å². The van der Waals surface area contributed by atoms with Crippen LogP contribution in [-0.4, -0.2) is 31.1 Å². The quantitative estimate of drug-likeness (QED) is 0.0576. The lowest BCUT2D eigenvalue weighted by Gasteiger charge is -2.08. The van der Waals surface area contributed by atoms with Crippen molar-refractivity contribution in [3.63, 3.8) is 0 Å². The minimum absolute atomic E-state index is 0.266. The van der Waals surface area contributed by atoms with Gasteiger partial charge in [0.2, 0.25) is 0 Å². The number of carbonyl (C=O) groups is 3. The number of rotatable bonds is 17. The average Bonchev–Trinajstić information content (AvgIpc) is 2.99. The monoisotopic (exact) mass is 588 g/mol. The van der Waals surface area contributed by atoms with Crippen molar-refractivity contribution in [2.24, 2.45) is 0 Å². The Bertz CT molecular complexity index is 1330. The van der Waals surface area contributed by atoms with Crippen LogP contribution < -0.4 is 25.7 Å². The summed E-state index contributed by atoms with van der Waals surface area (Å²) in [6.07, 6.45) is 9.78.